The number of ether oxygens (including phenoxy) is 1. The number of hydrogen-bond acceptors (Lipinski definition) is 5. The largest absolute Gasteiger partial charge is 0.495 e. The predicted molar refractivity (Wildman–Crippen MR) is 106 cm³/mol. The maximum Gasteiger partial charge on any atom is 0.167 e. The second-order valence-electron chi connectivity index (χ2n) is 5.99. The van der Waals surface area contributed by atoms with Crippen LogP contribution in [0, 0.1) is 0 Å². The molecule has 1 aliphatic rings. The minimum atomic E-state index is 0.0777. The molecule has 0 amide bonds. The third-order valence-electron chi connectivity index (χ3n) is 4.25. The normalized spacial score (nSPS) is 14.1. The summed E-state index contributed by atoms with van der Waals surface area (Å²) in [5, 5.41) is 6.55. The average Bonchev–Trinajstić information content (AvgIpc) is 2.67. The van der Waals surface area contributed by atoms with Crippen LogP contribution in [-0.4, -0.2) is 22.9 Å². The number of para-hydroxylation sites is 1. The van der Waals surface area contributed by atoms with Crippen molar-refractivity contribution in [3.05, 3.63) is 65.6 Å². The number of aromatic nitrogens is 1. The molecule has 0 atom stereocenters. The Morgan fingerprint density at radius 3 is 2.81 bits per heavy atom. The predicted octanol–water partition coefficient (Wildman–Crippen LogP) is 3.63. The standard InChI is InChI=1S/C20H21N3O2S/c1-25-18-13-21-11-10-14(18)12-22-16-8-5-9-17(24)19(16)20(26)23-15-6-3-2-4-7-15/h2-4,6-7,10-11,13,22H,5,8-9,12H2,1H3,(H,23,26). The maximum absolute atomic E-state index is 12.5. The minimum absolute atomic E-state index is 0.0777. The van der Waals surface area contributed by atoms with Gasteiger partial charge < -0.3 is 15.4 Å². The number of allylic oxidation sites excluding steroid dienone is 1. The summed E-state index contributed by atoms with van der Waals surface area (Å²) in [6.45, 7) is 0.547. The minimum Gasteiger partial charge on any atom is -0.495 e. The van der Waals surface area contributed by atoms with E-state index in [1.165, 1.54) is 0 Å². The molecule has 0 unspecified atom stereocenters. The van der Waals surface area contributed by atoms with Crippen molar-refractivity contribution in [2.75, 3.05) is 12.4 Å². The van der Waals surface area contributed by atoms with E-state index in [0.29, 0.717) is 29.3 Å². The Bertz CT molecular complexity index is 834. The first kappa shape index (κ1) is 18.1. The Morgan fingerprint density at radius 2 is 2.04 bits per heavy atom. The number of rotatable bonds is 6. The van der Waals surface area contributed by atoms with Gasteiger partial charge >= 0.3 is 0 Å². The molecule has 0 aliphatic heterocycles. The molecule has 5 nitrogen and oxygen atoms in total. The molecule has 1 aliphatic carbocycles. The number of nitrogens with one attached hydrogen (secondary N) is 2. The van der Waals surface area contributed by atoms with E-state index in [1.807, 2.05) is 36.4 Å². The van der Waals surface area contributed by atoms with Crippen molar-refractivity contribution in [3.63, 3.8) is 0 Å². The summed E-state index contributed by atoms with van der Waals surface area (Å²) in [6.07, 6.45) is 5.55. The van der Waals surface area contributed by atoms with Gasteiger partial charge in [0.05, 0.1) is 18.9 Å². The lowest BCUT2D eigenvalue weighted by atomic mass is 9.94. The van der Waals surface area contributed by atoms with Crippen molar-refractivity contribution >= 4 is 28.7 Å². The molecule has 0 spiro atoms. The SMILES string of the molecule is COc1cnccc1CNC1=C(C(=S)Nc2ccccc2)C(=O)CCC1. The van der Waals surface area contributed by atoms with Gasteiger partial charge in [-0.3, -0.25) is 9.78 Å². The Morgan fingerprint density at radius 1 is 1.23 bits per heavy atom. The molecule has 1 heterocycles. The van der Waals surface area contributed by atoms with Crippen LogP contribution in [-0.2, 0) is 11.3 Å². The van der Waals surface area contributed by atoms with Crippen molar-refractivity contribution in [1.82, 2.24) is 10.3 Å². The first-order valence-electron chi connectivity index (χ1n) is 8.52. The van der Waals surface area contributed by atoms with Crippen molar-refractivity contribution < 1.29 is 9.53 Å². The molecule has 0 radical (unpaired) electrons. The summed E-state index contributed by atoms with van der Waals surface area (Å²) in [6, 6.07) is 11.5. The molecule has 1 aromatic carbocycles. The van der Waals surface area contributed by atoms with Crippen LogP contribution >= 0.6 is 12.2 Å². The van der Waals surface area contributed by atoms with Crippen molar-refractivity contribution in [1.29, 1.82) is 0 Å². The number of nitrogens with zero attached hydrogens (tertiary/aromatic N) is 1. The number of carbonyl (C=O) groups is 1. The number of thiocarbonyl (C=S) groups is 1. The topological polar surface area (TPSA) is 63.2 Å². The van der Waals surface area contributed by atoms with Gasteiger partial charge in [0.15, 0.2) is 5.78 Å². The number of anilines is 1. The van der Waals surface area contributed by atoms with E-state index in [0.717, 1.165) is 29.8 Å². The van der Waals surface area contributed by atoms with E-state index >= 15 is 0 Å². The smallest absolute Gasteiger partial charge is 0.167 e. The second-order valence-corrected chi connectivity index (χ2v) is 6.40. The van der Waals surface area contributed by atoms with Gasteiger partial charge in [0.2, 0.25) is 0 Å². The van der Waals surface area contributed by atoms with Gasteiger partial charge in [0.25, 0.3) is 0 Å². The van der Waals surface area contributed by atoms with Crippen LogP contribution in [0.3, 0.4) is 0 Å². The number of methoxy groups -OCH3 is 1. The fraction of sp³-hybridized carbons (Fsp3) is 0.250. The quantitative estimate of drug-likeness (QED) is 0.760. The zero-order valence-electron chi connectivity index (χ0n) is 14.6. The number of pyridine rings is 1. The monoisotopic (exact) mass is 367 g/mol. The average molecular weight is 367 g/mol. The van der Waals surface area contributed by atoms with E-state index in [4.69, 9.17) is 17.0 Å². The Hall–Kier alpha value is -2.73. The van der Waals surface area contributed by atoms with Crippen LogP contribution in [0.2, 0.25) is 0 Å². The van der Waals surface area contributed by atoms with Gasteiger partial charge in [-0.15, -0.1) is 0 Å². The zero-order valence-corrected chi connectivity index (χ0v) is 15.4. The lowest BCUT2D eigenvalue weighted by molar-refractivity contribution is -0.115. The molecule has 6 heteroatoms. The van der Waals surface area contributed by atoms with E-state index in [9.17, 15) is 4.79 Å². The van der Waals surface area contributed by atoms with Crippen molar-refractivity contribution in [2.24, 2.45) is 0 Å². The fourth-order valence-corrected chi connectivity index (χ4v) is 3.29. The highest BCUT2D eigenvalue weighted by Crippen LogP contribution is 2.24. The van der Waals surface area contributed by atoms with E-state index in [2.05, 4.69) is 15.6 Å². The van der Waals surface area contributed by atoms with Gasteiger partial charge in [0.1, 0.15) is 10.7 Å². The summed E-state index contributed by atoms with van der Waals surface area (Å²) in [7, 11) is 1.62. The fourth-order valence-electron chi connectivity index (χ4n) is 2.94. The van der Waals surface area contributed by atoms with Crippen LogP contribution in [0.1, 0.15) is 24.8 Å². The molecule has 26 heavy (non-hydrogen) atoms. The summed E-state index contributed by atoms with van der Waals surface area (Å²) >= 11 is 5.53. The molecular formula is C20H21N3O2S. The van der Waals surface area contributed by atoms with Gasteiger partial charge in [-0.2, -0.15) is 0 Å². The molecule has 1 aromatic heterocycles. The Balaban J connectivity index is 1.80. The molecule has 0 fully saturated rings. The first-order valence-corrected chi connectivity index (χ1v) is 8.93. The molecular weight excluding hydrogens is 346 g/mol. The third kappa shape index (κ3) is 4.26. The molecule has 0 bridgehead atoms. The number of hydrogen-bond donors (Lipinski definition) is 2. The highest BCUT2D eigenvalue weighted by Gasteiger charge is 2.24. The van der Waals surface area contributed by atoms with Crippen molar-refractivity contribution in [2.45, 2.75) is 25.8 Å². The Labute approximate surface area is 158 Å². The maximum atomic E-state index is 12.5. The molecule has 0 saturated heterocycles. The zero-order chi connectivity index (χ0) is 18.4. The Kier molecular flexibility index (Phi) is 5.96. The summed E-state index contributed by atoms with van der Waals surface area (Å²) in [5.74, 6) is 0.795. The van der Waals surface area contributed by atoms with Gasteiger partial charge in [-0.1, -0.05) is 30.4 Å². The van der Waals surface area contributed by atoms with Crippen LogP contribution in [0.15, 0.2) is 60.1 Å². The lowest BCUT2D eigenvalue weighted by Gasteiger charge is -2.22. The number of benzene rings is 1. The van der Waals surface area contributed by atoms with E-state index in [1.54, 1.807) is 19.5 Å². The van der Waals surface area contributed by atoms with Crippen LogP contribution in [0.25, 0.3) is 0 Å². The number of Topliss-reactive ketones (excluding diaryl/α,β-unsaturated/α-hetero) is 1. The number of carbonyl (C=O) groups excluding carboxylic acids is 1. The van der Waals surface area contributed by atoms with Crippen LogP contribution in [0.5, 0.6) is 5.75 Å². The van der Waals surface area contributed by atoms with Gasteiger partial charge in [-0.05, 0) is 31.0 Å². The highest BCUT2D eigenvalue weighted by atomic mass is 32.1. The third-order valence-corrected chi connectivity index (χ3v) is 4.56. The highest BCUT2D eigenvalue weighted by molar-refractivity contribution is 7.81. The van der Waals surface area contributed by atoms with E-state index in [-0.39, 0.29) is 5.78 Å². The molecule has 2 aromatic rings. The second kappa shape index (κ2) is 8.58. The van der Waals surface area contributed by atoms with Crippen LogP contribution in [0.4, 0.5) is 5.69 Å². The summed E-state index contributed by atoms with van der Waals surface area (Å²) in [4.78, 5) is 17.0. The molecule has 0 saturated carbocycles. The van der Waals surface area contributed by atoms with Crippen molar-refractivity contribution in [3.8, 4) is 5.75 Å². The van der Waals surface area contributed by atoms with Crippen LogP contribution < -0.4 is 15.4 Å². The summed E-state index contributed by atoms with van der Waals surface area (Å²) < 4.78 is 5.34. The molecule has 3 rings (SSSR count). The van der Waals surface area contributed by atoms with E-state index < -0.39 is 0 Å². The first-order chi connectivity index (χ1) is 12.7. The van der Waals surface area contributed by atoms with Gasteiger partial charge in [0, 0.05) is 36.1 Å². The lowest BCUT2D eigenvalue weighted by Crippen LogP contribution is -2.28. The van der Waals surface area contributed by atoms with Gasteiger partial charge in [-0.25, -0.2) is 0 Å². The number of ketones is 1. The molecule has 2 N–H and O–H groups in total. The molecule has 134 valence electrons. The summed E-state index contributed by atoms with van der Waals surface area (Å²) in [5.41, 5.74) is 3.32.